The van der Waals surface area contributed by atoms with Gasteiger partial charge in [0.1, 0.15) is 11.5 Å². The highest BCUT2D eigenvalue weighted by Gasteiger charge is 2.38. The molecule has 2 aliphatic rings. The summed E-state index contributed by atoms with van der Waals surface area (Å²) in [5.41, 5.74) is -0.0604. The molecule has 0 radical (unpaired) electrons. The van der Waals surface area contributed by atoms with Crippen molar-refractivity contribution in [3.63, 3.8) is 0 Å². The van der Waals surface area contributed by atoms with E-state index in [1.807, 2.05) is 0 Å². The van der Waals surface area contributed by atoms with Crippen molar-refractivity contribution in [3.05, 3.63) is 0 Å². The highest BCUT2D eigenvalue weighted by Crippen LogP contribution is 2.24. The van der Waals surface area contributed by atoms with E-state index in [0.29, 0.717) is 12.8 Å². The zero-order valence-corrected chi connectivity index (χ0v) is 15.5. The van der Waals surface area contributed by atoms with Gasteiger partial charge in [-0.1, -0.05) is 0 Å². The average molecular weight is 331 g/mol. The molecule has 2 fully saturated rings. The SMILES string of the molecule is C[Si](C)(O[SiH2]C1CCCCC(=O)O1)C1CCCCC(=O)O1. The van der Waals surface area contributed by atoms with Crippen LogP contribution in [0.1, 0.15) is 51.4 Å². The molecule has 0 aliphatic carbocycles. The highest BCUT2D eigenvalue weighted by molar-refractivity contribution is 6.76. The Hall–Kier alpha value is -0.666. The van der Waals surface area contributed by atoms with Crippen molar-refractivity contribution in [2.45, 2.75) is 75.9 Å². The van der Waals surface area contributed by atoms with Crippen molar-refractivity contribution < 1.29 is 23.2 Å². The van der Waals surface area contributed by atoms with Crippen LogP contribution in [0, 0.1) is 0 Å². The zero-order chi connectivity index (χ0) is 15.3. The lowest BCUT2D eigenvalue weighted by Gasteiger charge is -2.32. The Morgan fingerprint density at radius 1 is 1.00 bits per heavy atom. The summed E-state index contributed by atoms with van der Waals surface area (Å²) in [6.07, 6.45) is 6.78. The normalized spacial score (nSPS) is 28.9. The smallest absolute Gasteiger partial charge is 0.305 e. The molecule has 0 N–H and O–H groups in total. The van der Waals surface area contributed by atoms with Crippen LogP contribution in [-0.2, 0) is 23.2 Å². The minimum Gasteiger partial charge on any atom is -0.464 e. The van der Waals surface area contributed by atoms with E-state index < -0.39 is 18.1 Å². The third-order valence-electron chi connectivity index (χ3n) is 4.24. The number of esters is 2. The molecule has 0 amide bonds. The second-order valence-corrected chi connectivity index (χ2v) is 12.7. The van der Waals surface area contributed by atoms with Crippen molar-refractivity contribution in [1.29, 1.82) is 0 Å². The predicted octanol–water partition coefficient (Wildman–Crippen LogP) is 1.76. The van der Waals surface area contributed by atoms with Gasteiger partial charge in [0.15, 0.2) is 9.76 Å². The van der Waals surface area contributed by atoms with Gasteiger partial charge < -0.3 is 13.6 Å². The molecule has 2 saturated heterocycles. The van der Waals surface area contributed by atoms with E-state index in [4.69, 9.17) is 13.6 Å². The minimum absolute atomic E-state index is 0.00625. The Balaban J connectivity index is 1.87. The lowest BCUT2D eigenvalue weighted by molar-refractivity contribution is -0.145. The summed E-state index contributed by atoms with van der Waals surface area (Å²) in [6.45, 7) is 4.23. The molecule has 21 heavy (non-hydrogen) atoms. The summed E-state index contributed by atoms with van der Waals surface area (Å²) in [7, 11) is -3.01. The third kappa shape index (κ3) is 5.23. The van der Waals surface area contributed by atoms with Crippen LogP contribution < -0.4 is 0 Å². The Morgan fingerprint density at radius 3 is 2.33 bits per heavy atom. The van der Waals surface area contributed by atoms with Crippen molar-refractivity contribution in [2.75, 3.05) is 0 Å². The molecule has 2 aliphatic heterocycles. The molecule has 5 nitrogen and oxygen atoms in total. The molecule has 2 heterocycles. The van der Waals surface area contributed by atoms with Crippen molar-refractivity contribution >= 4 is 30.0 Å². The fourth-order valence-corrected chi connectivity index (χ4v) is 8.06. The van der Waals surface area contributed by atoms with Crippen LogP contribution in [0.3, 0.4) is 0 Å². The summed E-state index contributed by atoms with van der Waals surface area (Å²) in [4.78, 5) is 23.1. The molecular weight excluding hydrogens is 304 g/mol. The number of hydrogen-bond donors (Lipinski definition) is 0. The molecule has 0 saturated carbocycles. The molecule has 0 aromatic carbocycles. The van der Waals surface area contributed by atoms with Crippen LogP contribution in [0.2, 0.25) is 13.1 Å². The average Bonchev–Trinajstić information content (AvgIpc) is 2.77. The maximum atomic E-state index is 11.6. The van der Waals surface area contributed by atoms with E-state index >= 15 is 0 Å². The summed E-state index contributed by atoms with van der Waals surface area (Å²) < 4.78 is 17.3. The van der Waals surface area contributed by atoms with Crippen LogP contribution in [-0.4, -0.2) is 41.5 Å². The zero-order valence-electron chi connectivity index (χ0n) is 13.1. The van der Waals surface area contributed by atoms with Gasteiger partial charge in [-0.2, -0.15) is 0 Å². The third-order valence-corrected chi connectivity index (χ3v) is 10.8. The van der Waals surface area contributed by atoms with Gasteiger partial charge in [-0.25, -0.2) is 0 Å². The number of carbonyl (C=O) groups excluding carboxylic acids is 2. The number of rotatable bonds is 4. The van der Waals surface area contributed by atoms with Gasteiger partial charge in [0.2, 0.25) is 8.32 Å². The van der Waals surface area contributed by atoms with Gasteiger partial charge >= 0.3 is 11.9 Å². The molecule has 0 spiro atoms. The number of ether oxygens (including phenoxy) is 2. The minimum atomic E-state index is -2.07. The number of carbonyl (C=O) groups is 2. The van der Waals surface area contributed by atoms with Gasteiger partial charge in [-0.15, -0.1) is 0 Å². The second-order valence-electron chi connectivity index (χ2n) is 6.50. The molecule has 2 rings (SSSR count). The maximum Gasteiger partial charge on any atom is 0.305 e. The Bertz CT molecular complexity index is 386. The van der Waals surface area contributed by atoms with Gasteiger partial charge in [0.25, 0.3) is 0 Å². The Morgan fingerprint density at radius 2 is 1.62 bits per heavy atom. The molecule has 7 heteroatoms. The van der Waals surface area contributed by atoms with E-state index in [1.54, 1.807) is 0 Å². The lowest BCUT2D eigenvalue weighted by atomic mass is 10.2. The lowest BCUT2D eigenvalue weighted by Crippen LogP contribution is -2.49. The number of cyclic esters (lactones) is 2. The summed E-state index contributed by atoms with van der Waals surface area (Å²) in [6, 6.07) is 0. The maximum absolute atomic E-state index is 11.6. The first-order valence-corrected chi connectivity index (χ1v) is 12.4. The summed E-state index contributed by atoms with van der Waals surface area (Å²) in [5.74, 6) is -0.182. The topological polar surface area (TPSA) is 61.8 Å². The number of hydrogen-bond acceptors (Lipinski definition) is 5. The standard InChI is InChI=1S/C14H26O5Si2/c1-21(2,14-10-6-4-8-12(16)18-14)19-20-13-9-5-3-7-11(15)17-13/h13-14H,3-10,20H2,1-2H3. The monoisotopic (exact) mass is 330 g/mol. The summed E-state index contributed by atoms with van der Waals surface area (Å²) in [5, 5.41) is 0. The first-order chi connectivity index (χ1) is 9.97. The van der Waals surface area contributed by atoms with Gasteiger partial charge in [0.05, 0.1) is 0 Å². The fourth-order valence-electron chi connectivity index (χ4n) is 2.83. The quantitative estimate of drug-likeness (QED) is 0.580. The molecule has 120 valence electrons. The molecule has 2 unspecified atom stereocenters. The molecule has 0 aromatic heterocycles. The van der Waals surface area contributed by atoms with Crippen LogP contribution in [0.4, 0.5) is 0 Å². The van der Waals surface area contributed by atoms with Gasteiger partial charge in [0, 0.05) is 12.8 Å². The van der Waals surface area contributed by atoms with Crippen molar-refractivity contribution in [1.82, 2.24) is 0 Å². The Labute approximate surface area is 129 Å². The molecule has 0 aromatic rings. The van der Waals surface area contributed by atoms with Gasteiger partial charge in [-0.05, 0) is 51.6 Å². The van der Waals surface area contributed by atoms with Gasteiger partial charge in [-0.3, -0.25) is 9.59 Å². The summed E-state index contributed by atoms with van der Waals surface area (Å²) >= 11 is 0. The van der Waals surface area contributed by atoms with E-state index in [2.05, 4.69) is 13.1 Å². The van der Waals surface area contributed by atoms with Crippen LogP contribution in [0.25, 0.3) is 0 Å². The van der Waals surface area contributed by atoms with E-state index in [9.17, 15) is 9.59 Å². The fraction of sp³-hybridized carbons (Fsp3) is 0.857. The first kappa shape index (κ1) is 16.7. The van der Waals surface area contributed by atoms with Crippen molar-refractivity contribution in [2.24, 2.45) is 0 Å². The van der Waals surface area contributed by atoms with Crippen LogP contribution in [0.15, 0.2) is 0 Å². The first-order valence-electron chi connectivity index (χ1n) is 8.00. The van der Waals surface area contributed by atoms with Crippen LogP contribution >= 0.6 is 0 Å². The van der Waals surface area contributed by atoms with Crippen LogP contribution in [0.5, 0.6) is 0 Å². The van der Waals surface area contributed by atoms with E-state index in [1.165, 1.54) is 0 Å². The highest BCUT2D eigenvalue weighted by atomic mass is 28.4. The predicted molar refractivity (Wildman–Crippen MR) is 83.8 cm³/mol. The molecule has 2 atom stereocenters. The van der Waals surface area contributed by atoms with E-state index in [0.717, 1.165) is 38.5 Å². The molecular formula is C14H26O5Si2. The second kappa shape index (κ2) is 7.55. The largest absolute Gasteiger partial charge is 0.464 e. The van der Waals surface area contributed by atoms with E-state index in [-0.39, 0.29) is 23.4 Å². The van der Waals surface area contributed by atoms with Crippen molar-refractivity contribution in [3.8, 4) is 0 Å². The Kier molecular flexibility index (Phi) is 6.01. The molecule has 0 bridgehead atoms.